The molecule has 1 heterocycles. The third-order valence-electron chi connectivity index (χ3n) is 2.33. The zero-order valence-corrected chi connectivity index (χ0v) is 10.2. The molecule has 0 spiro atoms. The summed E-state index contributed by atoms with van der Waals surface area (Å²) in [5.41, 5.74) is -0.566. The zero-order valence-electron chi connectivity index (χ0n) is 10.2. The van der Waals surface area contributed by atoms with E-state index in [1.165, 1.54) is 0 Å². The summed E-state index contributed by atoms with van der Waals surface area (Å²) in [7, 11) is 0. The van der Waals surface area contributed by atoms with E-state index in [4.69, 9.17) is 5.26 Å². The van der Waals surface area contributed by atoms with Crippen LogP contribution < -0.4 is 0 Å². The molecule has 0 saturated carbocycles. The molecule has 0 unspecified atom stereocenters. The summed E-state index contributed by atoms with van der Waals surface area (Å²) in [6.45, 7) is 10.2. The molecule has 1 rings (SSSR count). The Bertz CT molecular complexity index is 326. The summed E-state index contributed by atoms with van der Waals surface area (Å²) in [6.07, 6.45) is 7.87. The van der Waals surface area contributed by atoms with Gasteiger partial charge in [0.05, 0.1) is 11.6 Å². The van der Waals surface area contributed by atoms with Gasteiger partial charge in [0.25, 0.3) is 0 Å². The molecule has 0 fully saturated rings. The van der Waals surface area contributed by atoms with Gasteiger partial charge in [0, 0.05) is 12.4 Å². The van der Waals surface area contributed by atoms with Gasteiger partial charge in [-0.25, -0.2) is 0 Å². The molecule has 0 atom stereocenters. The summed E-state index contributed by atoms with van der Waals surface area (Å²) in [5, 5.41) is 13.2. The highest BCUT2D eigenvalue weighted by Gasteiger charge is 2.33. The van der Waals surface area contributed by atoms with Gasteiger partial charge >= 0.3 is 0 Å². The molecular formula is C12H19N3. The fourth-order valence-corrected chi connectivity index (χ4v) is 1.46. The lowest BCUT2D eigenvalue weighted by molar-refractivity contribution is -0.0539. The summed E-state index contributed by atoms with van der Waals surface area (Å²) >= 11 is 0. The van der Waals surface area contributed by atoms with Gasteiger partial charge in [0.1, 0.15) is 5.54 Å². The molecular weight excluding hydrogens is 186 g/mol. The molecule has 82 valence electrons. The quantitative estimate of drug-likeness (QED) is 0.659. The first-order chi connectivity index (χ1) is 6.79. The van der Waals surface area contributed by atoms with E-state index >= 15 is 0 Å². The molecule has 0 aromatic carbocycles. The van der Waals surface area contributed by atoms with Crippen LogP contribution in [0.5, 0.6) is 0 Å². The molecule has 0 aromatic rings. The van der Waals surface area contributed by atoms with Crippen molar-refractivity contribution < 1.29 is 0 Å². The minimum atomic E-state index is -0.533. The normalized spacial score (nSPS) is 16.8. The second kappa shape index (κ2) is 3.62. The molecule has 0 saturated heterocycles. The van der Waals surface area contributed by atoms with Crippen LogP contribution in [0.25, 0.3) is 0 Å². The van der Waals surface area contributed by atoms with Gasteiger partial charge in [-0.15, -0.1) is 0 Å². The van der Waals surface area contributed by atoms with Gasteiger partial charge in [-0.1, -0.05) is 0 Å². The Morgan fingerprint density at radius 3 is 1.80 bits per heavy atom. The van der Waals surface area contributed by atoms with E-state index in [1.807, 2.05) is 43.4 Å². The van der Waals surface area contributed by atoms with E-state index in [1.54, 1.807) is 0 Å². The molecule has 15 heavy (non-hydrogen) atoms. The minimum absolute atomic E-state index is 0.0324. The molecule has 3 heteroatoms. The number of hydrogen-bond donors (Lipinski definition) is 0. The van der Waals surface area contributed by atoms with Crippen LogP contribution in [0.15, 0.2) is 24.6 Å². The van der Waals surface area contributed by atoms with E-state index in [-0.39, 0.29) is 5.54 Å². The van der Waals surface area contributed by atoms with Crippen molar-refractivity contribution in [2.24, 2.45) is 0 Å². The lowest BCUT2D eigenvalue weighted by Crippen LogP contribution is -2.55. The lowest BCUT2D eigenvalue weighted by Gasteiger charge is -2.48. The van der Waals surface area contributed by atoms with Crippen LogP contribution in [0.3, 0.4) is 0 Å². The first kappa shape index (κ1) is 11.6. The fraction of sp³-hybridized carbons (Fsp3) is 0.583. The van der Waals surface area contributed by atoms with Crippen molar-refractivity contribution in [2.45, 2.75) is 45.7 Å². The van der Waals surface area contributed by atoms with Crippen molar-refractivity contribution in [1.29, 1.82) is 5.26 Å². The Morgan fingerprint density at radius 1 is 0.933 bits per heavy atom. The smallest absolute Gasteiger partial charge is 0.141 e. The molecule has 0 aromatic heterocycles. The van der Waals surface area contributed by atoms with Crippen LogP contribution in [0, 0.1) is 11.3 Å². The largest absolute Gasteiger partial charge is 0.286 e. The SMILES string of the molecule is CC(C)(C)N1C=CC=CN1C(C)(C)C#N. The third-order valence-corrected chi connectivity index (χ3v) is 2.33. The van der Waals surface area contributed by atoms with Crippen LogP contribution in [0.2, 0.25) is 0 Å². The Hall–Kier alpha value is -1.43. The van der Waals surface area contributed by atoms with Crippen LogP contribution >= 0.6 is 0 Å². The molecule has 0 N–H and O–H groups in total. The van der Waals surface area contributed by atoms with E-state index in [0.717, 1.165) is 0 Å². The first-order valence-corrected chi connectivity index (χ1v) is 5.14. The standard InChI is InChI=1S/C12H19N3/c1-11(2,3)14-8-6-7-9-15(14)12(4,5)10-13/h6-9H,1-5H3. The van der Waals surface area contributed by atoms with E-state index in [2.05, 4.69) is 31.8 Å². The predicted molar refractivity (Wildman–Crippen MR) is 61.4 cm³/mol. The van der Waals surface area contributed by atoms with Crippen molar-refractivity contribution in [3.63, 3.8) is 0 Å². The number of allylic oxidation sites excluding steroid dienone is 2. The van der Waals surface area contributed by atoms with Gasteiger partial charge in [-0.05, 0) is 46.8 Å². The molecule has 1 aliphatic rings. The van der Waals surface area contributed by atoms with Gasteiger partial charge < -0.3 is 0 Å². The number of hydrazine groups is 1. The number of nitrogens with zero attached hydrogens (tertiary/aromatic N) is 3. The van der Waals surface area contributed by atoms with Crippen LogP contribution in [-0.4, -0.2) is 21.1 Å². The summed E-state index contributed by atoms with van der Waals surface area (Å²) in [5.74, 6) is 0. The van der Waals surface area contributed by atoms with Crippen molar-refractivity contribution in [1.82, 2.24) is 10.0 Å². The molecule has 0 bridgehead atoms. The van der Waals surface area contributed by atoms with Gasteiger partial charge in [-0.2, -0.15) is 5.26 Å². The molecule has 0 radical (unpaired) electrons. The number of hydrogen-bond acceptors (Lipinski definition) is 3. The number of nitriles is 1. The van der Waals surface area contributed by atoms with Crippen LogP contribution in [-0.2, 0) is 0 Å². The summed E-state index contributed by atoms with van der Waals surface area (Å²) < 4.78 is 0. The van der Waals surface area contributed by atoms with E-state index in [9.17, 15) is 0 Å². The minimum Gasteiger partial charge on any atom is -0.286 e. The average molecular weight is 205 g/mol. The first-order valence-electron chi connectivity index (χ1n) is 5.14. The zero-order chi connectivity index (χ0) is 11.7. The third kappa shape index (κ3) is 2.33. The van der Waals surface area contributed by atoms with Gasteiger partial charge in [-0.3, -0.25) is 10.0 Å². The maximum absolute atomic E-state index is 9.15. The van der Waals surface area contributed by atoms with Crippen LogP contribution in [0.4, 0.5) is 0 Å². The summed E-state index contributed by atoms with van der Waals surface area (Å²) in [6, 6.07) is 2.31. The Kier molecular flexibility index (Phi) is 2.81. The predicted octanol–water partition coefficient (Wildman–Crippen LogP) is 2.65. The topological polar surface area (TPSA) is 30.3 Å². The highest BCUT2D eigenvalue weighted by molar-refractivity contribution is 5.14. The van der Waals surface area contributed by atoms with Crippen molar-refractivity contribution in [2.75, 3.05) is 0 Å². The molecule has 0 amide bonds. The van der Waals surface area contributed by atoms with Gasteiger partial charge in [0.15, 0.2) is 0 Å². The van der Waals surface area contributed by atoms with Crippen molar-refractivity contribution in [3.05, 3.63) is 24.6 Å². The van der Waals surface area contributed by atoms with E-state index in [0.29, 0.717) is 0 Å². The Balaban J connectivity index is 3.03. The second-order valence-electron chi connectivity index (χ2n) is 5.21. The Labute approximate surface area is 92.3 Å². The van der Waals surface area contributed by atoms with E-state index < -0.39 is 5.54 Å². The van der Waals surface area contributed by atoms with Crippen LogP contribution in [0.1, 0.15) is 34.6 Å². The fourth-order valence-electron chi connectivity index (χ4n) is 1.46. The van der Waals surface area contributed by atoms with Crippen molar-refractivity contribution >= 4 is 0 Å². The average Bonchev–Trinajstić information content (AvgIpc) is 2.16. The Morgan fingerprint density at radius 2 is 1.40 bits per heavy atom. The highest BCUT2D eigenvalue weighted by Crippen LogP contribution is 2.26. The monoisotopic (exact) mass is 205 g/mol. The maximum Gasteiger partial charge on any atom is 0.141 e. The molecule has 0 aliphatic carbocycles. The molecule has 1 aliphatic heterocycles. The van der Waals surface area contributed by atoms with Crippen molar-refractivity contribution in [3.8, 4) is 6.07 Å². The number of rotatable bonds is 1. The lowest BCUT2D eigenvalue weighted by atomic mass is 10.0. The highest BCUT2D eigenvalue weighted by atomic mass is 15.7. The maximum atomic E-state index is 9.15. The second-order valence-corrected chi connectivity index (χ2v) is 5.21. The summed E-state index contributed by atoms with van der Waals surface area (Å²) in [4.78, 5) is 0. The molecule has 3 nitrogen and oxygen atoms in total. The van der Waals surface area contributed by atoms with Gasteiger partial charge in [0.2, 0.25) is 0 Å².